The third-order valence-corrected chi connectivity index (χ3v) is 5.27. The first-order valence-corrected chi connectivity index (χ1v) is 9.61. The summed E-state index contributed by atoms with van der Waals surface area (Å²) in [6.07, 6.45) is 4.92. The first kappa shape index (κ1) is 17.2. The van der Waals surface area contributed by atoms with Crippen molar-refractivity contribution in [2.75, 3.05) is 0 Å². The monoisotopic (exact) mass is 431 g/mol. The van der Waals surface area contributed by atoms with Crippen LogP contribution in [0, 0.1) is 3.57 Å². The minimum Gasteiger partial charge on any atom is -0.363 e. The zero-order valence-corrected chi connectivity index (χ0v) is 16.6. The Morgan fingerprint density at radius 1 is 0.875 bits per heavy atom. The average molecular weight is 431 g/mol. The largest absolute Gasteiger partial charge is 0.363 e. The van der Waals surface area contributed by atoms with Crippen LogP contribution in [0.15, 0.2) is 47.2 Å². The maximum absolute atomic E-state index is 5.34. The van der Waals surface area contributed by atoms with Crippen LogP contribution in [0.25, 0.3) is 22.4 Å². The van der Waals surface area contributed by atoms with Gasteiger partial charge in [0, 0.05) is 14.7 Å². The van der Waals surface area contributed by atoms with E-state index in [0.29, 0.717) is 0 Å². The normalized spacial score (nSPS) is 11.0. The van der Waals surface area contributed by atoms with E-state index in [0.717, 1.165) is 41.6 Å². The highest BCUT2D eigenvalue weighted by molar-refractivity contribution is 14.1. The van der Waals surface area contributed by atoms with Crippen molar-refractivity contribution in [2.45, 2.75) is 40.0 Å². The summed E-state index contributed by atoms with van der Waals surface area (Å²) in [4.78, 5) is 0. The Balaban J connectivity index is 2.14. The van der Waals surface area contributed by atoms with Crippen LogP contribution in [0.1, 0.15) is 37.5 Å². The second-order valence-corrected chi connectivity index (χ2v) is 7.16. The van der Waals surface area contributed by atoms with Crippen molar-refractivity contribution in [2.24, 2.45) is 0 Å². The molecule has 0 atom stereocenters. The molecule has 0 fully saturated rings. The smallest absolute Gasteiger partial charge is 0.132 e. The second kappa shape index (κ2) is 7.51. The molecule has 124 valence electrons. The summed E-state index contributed by atoms with van der Waals surface area (Å²) in [6.45, 7) is 6.68. The molecule has 2 aromatic carbocycles. The number of nitrogens with zero attached hydrogens (tertiary/aromatic N) is 1. The van der Waals surface area contributed by atoms with Crippen LogP contribution in [-0.2, 0) is 19.3 Å². The van der Waals surface area contributed by atoms with E-state index in [1.165, 1.54) is 20.3 Å². The number of benzene rings is 2. The number of hydrogen-bond acceptors (Lipinski definition) is 2. The fourth-order valence-corrected chi connectivity index (χ4v) is 3.66. The molecule has 0 N–H and O–H groups in total. The Bertz CT molecular complexity index is 808. The van der Waals surface area contributed by atoms with Crippen molar-refractivity contribution in [1.82, 2.24) is 5.16 Å². The predicted molar refractivity (Wildman–Crippen MR) is 108 cm³/mol. The van der Waals surface area contributed by atoms with E-state index in [-0.39, 0.29) is 0 Å². The highest BCUT2D eigenvalue weighted by Gasteiger charge is 2.15. The molecule has 0 unspecified atom stereocenters. The van der Waals surface area contributed by atoms with Gasteiger partial charge < -0.3 is 4.52 Å². The van der Waals surface area contributed by atoms with Crippen molar-refractivity contribution in [1.29, 1.82) is 0 Å². The standard InChI is InChI=1S/C21H22INO/c1-4-14-11-17(12-15(5-2)19(14)6-3)21-20(13-24-23-21)16-7-9-18(22)10-8-16/h7-13H,4-6H2,1-3H3. The first-order chi connectivity index (χ1) is 11.7. The van der Waals surface area contributed by atoms with Crippen LogP contribution in [-0.4, -0.2) is 5.16 Å². The molecule has 0 bridgehead atoms. The van der Waals surface area contributed by atoms with Crippen molar-refractivity contribution in [3.05, 3.63) is 62.9 Å². The van der Waals surface area contributed by atoms with Gasteiger partial charge in [-0.1, -0.05) is 38.1 Å². The molecule has 24 heavy (non-hydrogen) atoms. The summed E-state index contributed by atoms with van der Waals surface area (Å²) in [5.74, 6) is 0. The lowest BCUT2D eigenvalue weighted by atomic mass is 9.91. The lowest BCUT2D eigenvalue weighted by Gasteiger charge is -2.14. The Kier molecular flexibility index (Phi) is 5.39. The van der Waals surface area contributed by atoms with Crippen LogP contribution >= 0.6 is 22.6 Å². The maximum atomic E-state index is 5.34. The molecule has 2 nitrogen and oxygen atoms in total. The molecule has 3 aromatic rings. The van der Waals surface area contributed by atoms with Gasteiger partial charge in [-0.15, -0.1) is 0 Å². The van der Waals surface area contributed by atoms with Gasteiger partial charge in [0.05, 0.1) is 0 Å². The van der Waals surface area contributed by atoms with E-state index >= 15 is 0 Å². The quantitative estimate of drug-likeness (QED) is 0.443. The lowest BCUT2D eigenvalue weighted by Crippen LogP contribution is -1.99. The van der Waals surface area contributed by atoms with Crippen molar-refractivity contribution >= 4 is 22.6 Å². The van der Waals surface area contributed by atoms with Gasteiger partial charge in [-0.2, -0.15) is 0 Å². The number of hydrogen-bond donors (Lipinski definition) is 0. The minimum atomic E-state index is 0.934. The molecular weight excluding hydrogens is 409 g/mol. The summed E-state index contributed by atoms with van der Waals surface area (Å²) in [5, 5.41) is 4.31. The minimum absolute atomic E-state index is 0.934. The number of rotatable bonds is 5. The van der Waals surface area contributed by atoms with Crippen LogP contribution in [0.4, 0.5) is 0 Å². The average Bonchev–Trinajstić information content (AvgIpc) is 3.10. The van der Waals surface area contributed by atoms with E-state index in [4.69, 9.17) is 4.52 Å². The summed E-state index contributed by atoms with van der Waals surface area (Å²) >= 11 is 2.32. The van der Waals surface area contributed by atoms with Gasteiger partial charge in [0.15, 0.2) is 0 Å². The molecule has 0 saturated carbocycles. The lowest BCUT2D eigenvalue weighted by molar-refractivity contribution is 0.422. The summed E-state index contributed by atoms with van der Waals surface area (Å²) in [7, 11) is 0. The Morgan fingerprint density at radius 2 is 1.50 bits per heavy atom. The molecule has 3 heteroatoms. The van der Waals surface area contributed by atoms with Gasteiger partial charge in [0.25, 0.3) is 0 Å². The second-order valence-electron chi connectivity index (χ2n) is 5.92. The van der Waals surface area contributed by atoms with Crippen molar-refractivity contribution in [3.8, 4) is 22.4 Å². The van der Waals surface area contributed by atoms with Gasteiger partial charge in [0.1, 0.15) is 12.0 Å². The fraction of sp³-hybridized carbons (Fsp3) is 0.286. The summed E-state index contributed by atoms with van der Waals surface area (Å²) in [6, 6.07) is 13.0. The third kappa shape index (κ3) is 3.27. The van der Waals surface area contributed by atoms with Crippen LogP contribution in [0.5, 0.6) is 0 Å². The molecule has 0 saturated heterocycles. The molecule has 0 radical (unpaired) electrons. The maximum Gasteiger partial charge on any atom is 0.132 e. The Morgan fingerprint density at radius 3 is 2.04 bits per heavy atom. The molecule has 0 spiro atoms. The molecular formula is C21H22INO. The van der Waals surface area contributed by atoms with Gasteiger partial charge in [-0.05, 0) is 88.4 Å². The molecule has 0 amide bonds. The number of halogens is 1. The fourth-order valence-electron chi connectivity index (χ4n) is 3.30. The Hall–Kier alpha value is -1.62. The third-order valence-electron chi connectivity index (χ3n) is 4.55. The Labute approximate surface area is 157 Å². The van der Waals surface area contributed by atoms with E-state index in [1.54, 1.807) is 6.26 Å². The molecule has 3 rings (SSSR count). The van der Waals surface area contributed by atoms with Gasteiger partial charge in [-0.25, -0.2) is 0 Å². The van der Waals surface area contributed by atoms with Crippen molar-refractivity contribution in [3.63, 3.8) is 0 Å². The van der Waals surface area contributed by atoms with E-state index in [9.17, 15) is 0 Å². The van der Waals surface area contributed by atoms with Crippen molar-refractivity contribution < 1.29 is 4.52 Å². The van der Waals surface area contributed by atoms with E-state index < -0.39 is 0 Å². The van der Waals surface area contributed by atoms with E-state index in [2.05, 4.69) is 84.9 Å². The van der Waals surface area contributed by atoms with Crippen LogP contribution < -0.4 is 0 Å². The van der Waals surface area contributed by atoms with Crippen LogP contribution in [0.2, 0.25) is 0 Å². The molecule has 0 aliphatic heterocycles. The SMILES string of the molecule is CCc1cc(-c2nocc2-c2ccc(I)cc2)cc(CC)c1CC. The molecule has 0 aliphatic carbocycles. The number of aryl methyl sites for hydroxylation is 2. The van der Waals surface area contributed by atoms with Gasteiger partial charge >= 0.3 is 0 Å². The zero-order chi connectivity index (χ0) is 17.1. The summed E-state index contributed by atoms with van der Waals surface area (Å²) < 4.78 is 6.56. The topological polar surface area (TPSA) is 26.0 Å². The van der Waals surface area contributed by atoms with Crippen LogP contribution in [0.3, 0.4) is 0 Å². The predicted octanol–water partition coefficient (Wildman–Crippen LogP) is 6.30. The highest BCUT2D eigenvalue weighted by atomic mass is 127. The first-order valence-electron chi connectivity index (χ1n) is 8.53. The number of aromatic nitrogens is 1. The highest BCUT2D eigenvalue weighted by Crippen LogP contribution is 2.34. The molecule has 1 aromatic heterocycles. The summed E-state index contributed by atoms with van der Waals surface area (Å²) in [5.41, 5.74) is 8.61. The van der Waals surface area contributed by atoms with Gasteiger partial charge in [-0.3, -0.25) is 0 Å². The molecule has 1 heterocycles. The van der Waals surface area contributed by atoms with Gasteiger partial charge in [0.2, 0.25) is 0 Å². The zero-order valence-electron chi connectivity index (χ0n) is 14.4. The van der Waals surface area contributed by atoms with E-state index in [1.807, 2.05) is 0 Å². The molecule has 0 aliphatic rings.